The van der Waals surface area contributed by atoms with Gasteiger partial charge in [0.25, 0.3) is 5.91 Å². The number of aromatic nitrogens is 1. The average molecular weight is 325 g/mol. The Morgan fingerprint density at radius 2 is 2.04 bits per heavy atom. The van der Waals surface area contributed by atoms with Crippen molar-refractivity contribution < 1.29 is 9.53 Å². The molecule has 1 aromatic carbocycles. The van der Waals surface area contributed by atoms with Crippen molar-refractivity contribution in [2.45, 2.75) is 25.0 Å². The minimum absolute atomic E-state index is 0.00607. The Morgan fingerprint density at radius 1 is 1.33 bits per heavy atom. The van der Waals surface area contributed by atoms with Gasteiger partial charge in [0.1, 0.15) is 6.61 Å². The Labute approximate surface area is 139 Å². The topological polar surface area (TPSA) is 86.3 Å². The molecule has 2 aromatic rings. The molecule has 24 heavy (non-hydrogen) atoms. The predicted molar refractivity (Wildman–Crippen MR) is 91.3 cm³/mol. The van der Waals surface area contributed by atoms with E-state index in [-0.39, 0.29) is 23.5 Å². The monoisotopic (exact) mass is 325 g/mol. The van der Waals surface area contributed by atoms with Gasteiger partial charge in [-0.3, -0.25) is 14.3 Å². The van der Waals surface area contributed by atoms with Crippen molar-refractivity contribution in [3.63, 3.8) is 0 Å². The highest BCUT2D eigenvalue weighted by atomic mass is 16.5. The van der Waals surface area contributed by atoms with Crippen LogP contribution in [0.25, 0.3) is 0 Å². The number of nitrogens with one attached hydrogen (secondary N) is 1. The van der Waals surface area contributed by atoms with E-state index in [1.807, 2.05) is 30.3 Å². The lowest BCUT2D eigenvalue weighted by atomic mass is 10.2. The molecule has 1 fully saturated rings. The van der Waals surface area contributed by atoms with Gasteiger partial charge < -0.3 is 15.9 Å². The number of amides is 1. The van der Waals surface area contributed by atoms with Gasteiger partial charge in [-0.05, 0) is 18.4 Å². The van der Waals surface area contributed by atoms with Crippen LogP contribution >= 0.6 is 0 Å². The first-order chi connectivity index (χ1) is 11.5. The molecule has 1 aliphatic carbocycles. The minimum atomic E-state index is -0.448. The zero-order valence-electron chi connectivity index (χ0n) is 13.2. The van der Waals surface area contributed by atoms with Gasteiger partial charge in [-0.1, -0.05) is 36.4 Å². The quantitative estimate of drug-likeness (QED) is 0.624. The number of rotatable bonds is 6. The van der Waals surface area contributed by atoms with Gasteiger partial charge >= 0.3 is 0 Å². The first-order valence-corrected chi connectivity index (χ1v) is 7.68. The number of carbonyl (C=O) groups is 1. The van der Waals surface area contributed by atoms with Crippen LogP contribution in [0.2, 0.25) is 0 Å². The van der Waals surface area contributed by atoms with Crippen LogP contribution in [0.1, 0.15) is 28.9 Å². The summed E-state index contributed by atoms with van der Waals surface area (Å²) in [6.07, 6.45) is 4.70. The van der Waals surface area contributed by atoms with Crippen LogP contribution in [0.5, 0.6) is 5.75 Å². The number of nitrogens with two attached hydrogens (primary N) is 1. The normalized spacial score (nSPS) is 14.7. The van der Waals surface area contributed by atoms with Gasteiger partial charge in [-0.25, -0.2) is 0 Å². The second-order valence-corrected chi connectivity index (χ2v) is 5.85. The largest absolute Gasteiger partial charge is 0.482 e. The van der Waals surface area contributed by atoms with Crippen LogP contribution in [-0.4, -0.2) is 16.1 Å². The number of nitrogens with zero attached hydrogens (tertiary/aromatic N) is 1. The lowest BCUT2D eigenvalue weighted by molar-refractivity contribution is 0.0926. The van der Waals surface area contributed by atoms with Crippen molar-refractivity contribution >= 4 is 5.91 Å². The van der Waals surface area contributed by atoms with Crippen molar-refractivity contribution in [2.24, 2.45) is 0 Å². The summed E-state index contributed by atoms with van der Waals surface area (Å²) in [4.78, 5) is 24.8. The van der Waals surface area contributed by atoms with Gasteiger partial charge in [-0.15, -0.1) is 6.58 Å². The standard InChI is InChI=1S/C18H19N3O3/c1-2-18(9-10-18)20-17(23)15-16(14(22)8-11-21(15)19)24-12-13-6-4-3-5-7-13/h2-8,11H,1,9-10,12,19H2,(H,20,23). The maximum absolute atomic E-state index is 12.6. The highest BCUT2D eigenvalue weighted by Gasteiger charge is 2.42. The van der Waals surface area contributed by atoms with Crippen molar-refractivity contribution in [2.75, 3.05) is 5.84 Å². The van der Waals surface area contributed by atoms with E-state index in [1.165, 1.54) is 12.3 Å². The molecule has 0 unspecified atom stereocenters. The van der Waals surface area contributed by atoms with Crippen LogP contribution in [0.15, 0.2) is 60.0 Å². The summed E-state index contributed by atoms with van der Waals surface area (Å²) in [5.74, 6) is 5.35. The van der Waals surface area contributed by atoms with E-state index in [9.17, 15) is 9.59 Å². The lowest BCUT2D eigenvalue weighted by Crippen LogP contribution is -2.39. The van der Waals surface area contributed by atoms with Crippen LogP contribution < -0.4 is 21.3 Å². The first-order valence-electron chi connectivity index (χ1n) is 7.68. The number of carbonyl (C=O) groups excluding carboxylic acids is 1. The molecule has 6 nitrogen and oxygen atoms in total. The third-order valence-corrected chi connectivity index (χ3v) is 4.07. The Bertz CT molecular complexity index is 823. The average Bonchev–Trinajstić information content (AvgIpc) is 3.36. The van der Waals surface area contributed by atoms with Crippen molar-refractivity contribution in [3.05, 3.63) is 76.7 Å². The molecule has 1 heterocycles. The van der Waals surface area contributed by atoms with E-state index >= 15 is 0 Å². The fraction of sp³-hybridized carbons (Fsp3) is 0.222. The van der Waals surface area contributed by atoms with Gasteiger partial charge in [-0.2, -0.15) is 0 Å². The highest BCUT2D eigenvalue weighted by molar-refractivity contribution is 5.96. The van der Waals surface area contributed by atoms with E-state index in [4.69, 9.17) is 10.6 Å². The van der Waals surface area contributed by atoms with E-state index in [2.05, 4.69) is 11.9 Å². The van der Waals surface area contributed by atoms with E-state index < -0.39 is 11.4 Å². The van der Waals surface area contributed by atoms with Crippen molar-refractivity contribution in [3.8, 4) is 5.75 Å². The molecule has 0 bridgehead atoms. The maximum atomic E-state index is 12.6. The molecule has 124 valence electrons. The second kappa shape index (κ2) is 6.23. The molecule has 1 aliphatic rings. The van der Waals surface area contributed by atoms with Crippen LogP contribution in [0, 0.1) is 0 Å². The summed E-state index contributed by atoms with van der Waals surface area (Å²) >= 11 is 0. The molecule has 1 amide bonds. The van der Waals surface area contributed by atoms with E-state index in [0.717, 1.165) is 23.1 Å². The third kappa shape index (κ3) is 3.17. The minimum Gasteiger partial charge on any atom is -0.482 e. The zero-order chi connectivity index (χ0) is 17.2. The lowest BCUT2D eigenvalue weighted by Gasteiger charge is -2.17. The number of benzene rings is 1. The third-order valence-electron chi connectivity index (χ3n) is 4.07. The highest BCUT2D eigenvalue weighted by Crippen LogP contribution is 2.36. The van der Waals surface area contributed by atoms with Crippen molar-refractivity contribution in [1.29, 1.82) is 0 Å². The molecule has 3 N–H and O–H groups in total. The molecule has 1 saturated carbocycles. The van der Waals surface area contributed by atoms with Crippen molar-refractivity contribution in [1.82, 2.24) is 9.99 Å². The molecule has 0 atom stereocenters. The predicted octanol–water partition coefficient (Wildman–Crippen LogP) is 1.59. The summed E-state index contributed by atoms with van der Waals surface area (Å²) < 4.78 is 6.73. The molecular weight excluding hydrogens is 306 g/mol. The Balaban J connectivity index is 1.87. The molecule has 0 aliphatic heterocycles. The SMILES string of the molecule is C=CC1(NC(=O)c2c(OCc3ccccc3)c(=O)ccn2N)CC1. The molecule has 0 saturated heterocycles. The summed E-state index contributed by atoms with van der Waals surface area (Å²) in [6, 6.07) is 10.7. The Hall–Kier alpha value is -3.02. The van der Waals surface area contributed by atoms with Crippen LogP contribution in [0.3, 0.4) is 0 Å². The first kappa shape index (κ1) is 15.9. The molecule has 0 radical (unpaired) electrons. The fourth-order valence-electron chi connectivity index (χ4n) is 2.42. The summed E-state index contributed by atoms with van der Waals surface area (Å²) in [5, 5.41) is 2.86. The maximum Gasteiger partial charge on any atom is 0.274 e. The molecule has 0 spiro atoms. The van der Waals surface area contributed by atoms with Gasteiger partial charge in [0.15, 0.2) is 11.4 Å². The van der Waals surface area contributed by atoms with Crippen LogP contribution in [0.4, 0.5) is 0 Å². The van der Waals surface area contributed by atoms with E-state index in [0.29, 0.717) is 0 Å². The number of nitrogen functional groups attached to an aromatic ring is 1. The Kier molecular flexibility index (Phi) is 4.12. The molecule has 3 rings (SSSR count). The molecule has 6 heteroatoms. The summed E-state index contributed by atoms with van der Waals surface area (Å²) in [5.41, 5.74) is 0.105. The van der Waals surface area contributed by atoms with E-state index in [1.54, 1.807) is 6.08 Å². The number of hydrogen-bond acceptors (Lipinski definition) is 4. The van der Waals surface area contributed by atoms with Crippen LogP contribution in [-0.2, 0) is 6.61 Å². The molecular formula is C18H19N3O3. The second-order valence-electron chi connectivity index (χ2n) is 5.85. The number of ether oxygens (including phenoxy) is 1. The number of pyridine rings is 1. The van der Waals surface area contributed by atoms with Gasteiger partial charge in [0, 0.05) is 12.3 Å². The number of hydrogen-bond donors (Lipinski definition) is 2. The fourth-order valence-corrected chi connectivity index (χ4v) is 2.42. The Morgan fingerprint density at radius 3 is 2.67 bits per heavy atom. The summed E-state index contributed by atoms with van der Waals surface area (Å²) in [7, 11) is 0. The smallest absolute Gasteiger partial charge is 0.274 e. The zero-order valence-corrected chi connectivity index (χ0v) is 13.2. The van der Waals surface area contributed by atoms with Gasteiger partial charge in [0.2, 0.25) is 5.43 Å². The molecule has 1 aromatic heterocycles. The van der Waals surface area contributed by atoms with Gasteiger partial charge in [0.05, 0.1) is 5.54 Å². The summed E-state index contributed by atoms with van der Waals surface area (Å²) in [6.45, 7) is 3.91.